The number of nitrogens with zero attached hydrogens (tertiary/aromatic N) is 3. The van der Waals surface area contributed by atoms with Crippen LogP contribution in [0.15, 0.2) is 76.4 Å². The van der Waals surface area contributed by atoms with E-state index in [1.54, 1.807) is 18.3 Å². The number of hydrogen-bond acceptors (Lipinski definition) is 4. The van der Waals surface area contributed by atoms with Crippen molar-refractivity contribution in [2.45, 2.75) is 20.5 Å². The van der Waals surface area contributed by atoms with Crippen LogP contribution in [0.3, 0.4) is 0 Å². The van der Waals surface area contributed by atoms with Gasteiger partial charge in [0.15, 0.2) is 5.76 Å². The van der Waals surface area contributed by atoms with Crippen LogP contribution in [0.1, 0.15) is 33.4 Å². The molecule has 0 saturated carbocycles. The first kappa shape index (κ1) is 20.3. The molecule has 158 valence electrons. The van der Waals surface area contributed by atoms with Crippen molar-refractivity contribution in [1.82, 2.24) is 14.6 Å². The molecule has 4 aromatic rings. The van der Waals surface area contributed by atoms with E-state index in [0.29, 0.717) is 5.76 Å². The molecule has 0 radical (unpaired) electrons. The van der Waals surface area contributed by atoms with Gasteiger partial charge in [-0.05, 0) is 74.5 Å². The van der Waals surface area contributed by atoms with E-state index in [9.17, 15) is 4.79 Å². The largest absolute Gasteiger partial charge is 0.486 e. The lowest BCUT2D eigenvalue weighted by molar-refractivity contribution is 0.0923. The van der Waals surface area contributed by atoms with Gasteiger partial charge in [-0.15, -0.1) is 0 Å². The van der Waals surface area contributed by atoms with Gasteiger partial charge in [-0.1, -0.05) is 0 Å². The van der Waals surface area contributed by atoms with Crippen molar-refractivity contribution in [3.8, 4) is 11.4 Å². The molecule has 0 aliphatic carbocycles. The monoisotopic (exact) mass is 416 g/mol. The summed E-state index contributed by atoms with van der Waals surface area (Å²) in [6, 6.07) is 19.2. The minimum Gasteiger partial charge on any atom is -0.486 e. The van der Waals surface area contributed by atoms with E-state index >= 15 is 0 Å². The van der Waals surface area contributed by atoms with Gasteiger partial charge in [0.2, 0.25) is 0 Å². The van der Waals surface area contributed by atoms with E-state index in [4.69, 9.17) is 9.15 Å². The van der Waals surface area contributed by atoms with Crippen molar-refractivity contribution < 1.29 is 13.9 Å². The molecule has 3 aromatic heterocycles. The molecule has 7 heteroatoms. The van der Waals surface area contributed by atoms with Crippen LogP contribution in [0, 0.1) is 13.8 Å². The van der Waals surface area contributed by atoms with Gasteiger partial charge in [-0.25, -0.2) is 5.43 Å². The number of benzene rings is 1. The summed E-state index contributed by atoms with van der Waals surface area (Å²) in [7, 11) is 1.90. The summed E-state index contributed by atoms with van der Waals surface area (Å²) >= 11 is 0. The Morgan fingerprint density at radius 2 is 1.81 bits per heavy atom. The molecular formula is C24H24N4O3. The number of aryl methyl sites for hydroxylation is 3. The Morgan fingerprint density at radius 3 is 2.48 bits per heavy atom. The smallest absolute Gasteiger partial charge is 0.307 e. The van der Waals surface area contributed by atoms with Crippen molar-refractivity contribution in [3.63, 3.8) is 0 Å². The Bertz CT molecular complexity index is 1190. The Kier molecular flexibility index (Phi) is 5.75. The number of carbonyl (C=O) groups is 1. The first-order valence-corrected chi connectivity index (χ1v) is 9.93. The molecule has 0 spiro atoms. The zero-order chi connectivity index (χ0) is 21.8. The molecule has 4 rings (SSSR count). The Balaban J connectivity index is 1.32. The van der Waals surface area contributed by atoms with Gasteiger partial charge >= 0.3 is 5.91 Å². The van der Waals surface area contributed by atoms with Gasteiger partial charge in [-0.3, -0.25) is 4.79 Å². The number of aromatic nitrogens is 2. The number of hydrogen-bond donors (Lipinski definition) is 1. The van der Waals surface area contributed by atoms with Crippen LogP contribution < -0.4 is 10.2 Å². The van der Waals surface area contributed by atoms with E-state index in [1.165, 1.54) is 11.4 Å². The number of rotatable bonds is 7. The normalized spacial score (nSPS) is 11.2. The highest BCUT2D eigenvalue weighted by Crippen LogP contribution is 2.20. The van der Waals surface area contributed by atoms with Gasteiger partial charge < -0.3 is 18.3 Å². The Morgan fingerprint density at radius 1 is 1.06 bits per heavy atom. The second kappa shape index (κ2) is 8.79. The summed E-state index contributed by atoms with van der Waals surface area (Å²) in [5.74, 6) is 1.04. The molecule has 1 aromatic carbocycles. The van der Waals surface area contributed by atoms with Crippen LogP contribution in [0.25, 0.3) is 5.69 Å². The number of hydrazone groups is 1. The van der Waals surface area contributed by atoms with Crippen molar-refractivity contribution in [2.75, 3.05) is 0 Å². The van der Waals surface area contributed by atoms with Gasteiger partial charge in [0.05, 0.1) is 11.9 Å². The van der Waals surface area contributed by atoms with Gasteiger partial charge in [-0.2, -0.15) is 5.10 Å². The number of carbonyl (C=O) groups excluding carboxylic acids is 1. The fourth-order valence-electron chi connectivity index (χ4n) is 3.32. The molecule has 0 atom stereocenters. The maximum atomic E-state index is 12.2. The zero-order valence-electron chi connectivity index (χ0n) is 17.7. The fraction of sp³-hybridized carbons (Fsp3) is 0.167. The summed E-state index contributed by atoms with van der Waals surface area (Å²) in [6.07, 6.45) is 3.48. The minimum atomic E-state index is -0.418. The maximum absolute atomic E-state index is 12.2. The summed E-state index contributed by atoms with van der Waals surface area (Å²) in [6.45, 7) is 4.38. The first-order valence-electron chi connectivity index (χ1n) is 9.93. The van der Waals surface area contributed by atoms with E-state index in [0.717, 1.165) is 17.1 Å². The third-order valence-corrected chi connectivity index (χ3v) is 4.98. The van der Waals surface area contributed by atoms with Crippen LogP contribution in [-0.4, -0.2) is 21.3 Å². The lowest BCUT2D eigenvalue weighted by Crippen LogP contribution is -2.17. The predicted octanol–water partition coefficient (Wildman–Crippen LogP) is 4.37. The highest BCUT2D eigenvalue weighted by Gasteiger charge is 2.11. The molecule has 3 heterocycles. The summed E-state index contributed by atoms with van der Waals surface area (Å²) < 4.78 is 15.4. The van der Waals surface area contributed by atoms with Crippen LogP contribution >= 0.6 is 0 Å². The zero-order valence-corrected chi connectivity index (χ0v) is 17.7. The van der Waals surface area contributed by atoms with E-state index < -0.39 is 5.91 Å². The van der Waals surface area contributed by atoms with Crippen LogP contribution in [0.5, 0.6) is 5.75 Å². The SMILES string of the molecule is Cc1ccc(C)n1-c1ccc(OCc2ccc(C(=O)N/N=C/c3cccn3C)o2)cc1. The highest BCUT2D eigenvalue weighted by atomic mass is 16.5. The summed E-state index contributed by atoms with van der Waals surface area (Å²) in [5, 5.41) is 3.96. The lowest BCUT2D eigenvalue weighted by atomic mass is 10.3. The van der Waals surface area contributed by atoms with Gasteiger partial charge in [0, 0.05) is 30.3 Å². The van der Waals surface area contributed by atoms with Crippen LogP contribution in [0.4, 0.5) is 0 Å². The van der Waals surface area contributed by atoms with Crippen molar-refractivity contribution in [1.29, 1.82) is 0 Å². The third-order valence-electron chi connectivity index (χ3n) is 4.98. The topological polar surface area (TPSA) is 73.7 Å². The third kappa shape index (κ3) is 4.61. The maximum Gasteiger partial charge on any atom is 0.307 e. The summed E-state index contributed by atoms with van der Waals surface area (Å²) in [4.78, 5) is 12.2. The Hall–Kier alpha value is -4.00. The number of ether oxygens (including phenoxy) is 1. The second-order valence-corrected chi connectivity index (χ2v) is 7.24. The average Bonchev–Trinajstić information content (AvgIpc) is 3.48. The standard InChI is InChI=1S/C24H24N4O3/c1-17-6-7-18(2)28(17)19-8-10-21(11-9-19)30-16-22-12-13-23(31-22)24(29)26-25-15-20-5-4-14-27(20)3/h4-15H,16H2,1-3H3,(H,26,29)/b25-15+. The molecule has 0 aliphatic heterocycles. The van der Waals surface area contributed by atoms with Gasteiger partial charge in [0.25, 0.3) is 0 Å². The molecule has 7 nitrogen and oxygen atoms in total. The molecule has 0 saturated heterocycles. The van der Waals surface area contributed by atoms with Gasteiger partial charge in [0.1, 0.15) is 18.1 Å². The fourth-order valence-corrected chi connectivity index (χ4v) is 3.32. The number of nitrogens with one attached hydrogen (secondary N) is 1. The average molecular weight is 416 g/mol. The Labute approximate surface area is 180 Å². The molecule has 0 aliphatic rings. The van der Waals surface area contributed by atoms with Crippen LogP contribution in [-0.2, 0) is 13.7 Å². The molecule has 31 heavy (non-hydrogen) atoms. The summed E-state index contributed by atoms with van der Waals surface area (Å²) in [5.41, 5.74) is 6.78. The first-order chi connectivity index (χ1) is 15.0. The van der Waals surface area contributed by atoms with Crippen molar-refractivity contribution >= 4 is 12.1 Å². The second-order valence-electron chi connectivity index (χ2n) is 7.24. The molecule has 1 amide bonds. The molecule has 0 unspecified atom stereocenters. The number of furan rings is 1. The molecular weight excluding hydrogens is 392 g/mol. The lowest BCUT2D eigenvalue weighted by Gasteiger charge is -2.10. The van der Waals surface area contributed by atoms with E-state index in [-0.39, 0.29) is 12.4 Å². The highest BCUT2D eigenvalue weighted by molar-refractivity contribution is 5.92. The minimum absolute atomic E-state index is 0.177. The van der Waals surface area contributed by atoms with E-state index in [2.05, 4.69) is 41.1 Å². The van der Waals surface area contributed by atoms with Crippen molar-refractivity contribution in [3.05, 3.63) is 95.5 Å². The quantitative estimate of drug-likeness (QED) is 0.359. The molecule has 0 bridgehead atoms. The van der Waals surface area contributed by atoms with Crippen LogP contribution in [0.2, 0.25) is 0 Å². The number of amides is 1. The predicted molar refractivity (Wildman–Crippen MR) is 119 cm³/mol. The molecule has 1 N–H and O–H groups in total. The van der Waals surface area contributed by atoms with E-state index in [1.807, 2.05) is 54.2 Å². The van der Waals surface area contributed by atoms with Crippen molar-refractivity contribution in [2.24, 2.45) is 12.1 Å². The molecule has 0 fully saturated rings.